The number of methoxy groups -OCH3 is 1. The lowest BCUT2D eigenvalue weighted by atomic mass is 10.1. The number of benzene rings is 11. The number of ether oxygens (including phenoxy) is 1. The number of piperidine rings is 1. The zero-order valence-corrected chi connectivity index (χ0v) is 77.4. The van der Waals surface area contributed by atoms with E-state index in [2.05, 4.69) is 61.7 Å². The Labute approximate surface area is 745 Å². The topological polar surface area (TPSA) is 270 Å². The van der Waals surface area contributed by atoms with Crippen molar-refractivity contribution in [3.05, 3.63) is 385 Å². The number of nitrogens with one attached hydrogen (secondary N) is 2. The molecular formula is C101H126F5N5O13S2. The van der Waals surface area contributed by atoms with Gasteiger partial charge in [0.15, 0.2) is 0 Å². The van der Waals surface area contributed by atoms with E-state index in [1.54, 1.807) is 96.5 Å². The number of aryl methyl sites for hydroxylation is 12. The maximum Gasteiger partial charge on any atom is 0.338 e. The Morgan fingerprint density at radius 3 is 1.26 bits per heavy atom. The fourth-order valence-electron chi connectivity index (χ4n) is 10.5. The molecule has 0 bridgehead atoms. The second kappa shape index (κ2) is 57.1. The number of carboxylic acid groups (broad SMARTS) is 3. The predicted octanol–water partition coefficient (Wildman–Crippen LogP) is 24.5. The molecule has 1 aliphatic rings. The summed E-state index contributed by atoms with van der Waals surface area (Å²) in [4.78, 5) is 59.7. The van der Waals surface area contributed by atoms with Crippen LogP contribution in [-0.2, 0) is 0 Å². The Balaban J connectivity index is 0.000000473. The Bertz CT molecular complexity index is 5030. The Hall–Kier alpha value is -11.6. The van der Waals surface area contributed by atoms with Gasteiger partial charge in [-0.1, -0.05) is 178 Å². The average molecular weight is 1780 g/mol. The largest absolute Gasteiger partial charge is 0.497 e. The van der Waals surface area contributed by atoms with E-state index in [9.17, 15) is 64.1 Å². The monoisotopic (exact) mass is 1780 g/mol. The van der Waals surface area contributed by atoms with Crippen molar-refractivity contribution in [2.24, 2.45) is 0 Å². The Kier molecular flexibility index (Phi) is 50.0. The van der Waals surface area contributed by atoms with Crippen LogP contribution in [0.5, 0.6) is 5.75 Å². The summed E-state index contributed by atoms with van der Waals surface area (Å²) >= 11 is 0. The minimum atomic E-state index is -2.88. The molecule has 126 heavy (non-hydrogen) atoms. The van der Waals surface area contributed by atoms with Crippen LogP contribution in [0.25, 0.3) is 0 Å². The number of rotatable bonds is 15. The molecule has 0 unspecified atom stereocenters. The quantitative estimate of drug-likeness (QED) is 0.0341. The molecule has 11 aromatic carbocycles. The van der Waals surface area contributed by atoms with Crippen LogP contribution in [0, 0.1) is 112 Å². The molecule has 11 aromatic rings. The first-order valence-corrected chi connectivity index (χ1v) is 43.4. The number of hydrogen-bond acceptors (Lipinski definition) is 13. The highest BCUT2D eigenvalue weighted by Crippen LogP contribution is 2.50. The highest BCUT2D eigenvalue weighted by atomic mass is 32.3. The first kappa shape index (κ1) is 110. The van der Waals surface area contributed by atoms with Crippen molar-refractivity contribution in [3.63, 3.8) is 0 Å². The molecule has 0 atom stereocenters. The Morgan fingerprint density at radius 2 is 0.865 bits per heavy atom. The van der Waals surface area contributed by atoms with E-state index in [0.717, 1.165) is 83.7 Å². The van der Waals surface area contributed by atoms with Crippen molar-refractivity contribution >= 4 is 51.3 Å². The molecular weight excluding hydrogens is 1650 g/mol. The number of carboxylic acids is 3. The minimum absolute atomic E-state index is 0.00292. The normalized spacial score (nSPS) is 11.3. The summed E-state index contributed by atoms with van der Waals surface area (Å²) in [6.07, 6.45) is 5.20. The molecule has 9 N–H and O–H groups in total. The number of aromatic carboxylic acids is 3. The van der Waals surface area contributed by atoms with Gasteiger partial charge in [-0.15, -0.1) is 28.1 Å². The van der Waals surface area contributed by atoms with Crippen LogP contribution in [0.3, 0.4) is 0 Å². The summed E-state index contributed by atoms with van der Waals surface area (Å²) < 4.78 is 112. The number of likely N-dealkylation sites (N-methyl/N-ethyl adjacent to an activating group) is 2. The summed E-state index contributed by atoms with van der Waals surface area (Å²) in [7, 11) is 1.56. The lowest BCUT2D eigenvalue weighted by Crippen LogP contribution is -2.37. The van der Waals surface area contributed by atoms with Crippen LogP contribution in [0.1, 0.15) is 159 Å². The number of amides is 2. The van der Waals surface area contributed by atoms with Crippen LogP contribution >= 0.6 is 21.6 Å². The van der Waals surface area contributed by atoms with Crippen molar-refractivity contribution in [3.8, 4) is 5.75 Å². The first-order valence-electron chi connectivity index (χ1n) is 40.3. The molecule has 0 aliphatic carbocycles. The van der Waals surface area contributed by atoms with Gasteiger partial charge in [-0.2, -0.15) is 0 Å². The SMILES string of the molecule is C=CCN(C)S(O)(O)c1ccc(C)cc1.COc1ccc(C)cc1.Cc1cc(F)cc(C(=O)O)c1.Cc1ccc(C(=O)N2CCCCC2)cc1.Cc1ccc(C(=O)NCCN(C)C)cc1.Cc1ccc(C(=O)O)c(F)c1.Cc1ccc(C)cc1.Cc1ccc(F)c(C(=O)O)c1.Cc1ccc(S(O)(O)NC(C)(C)C)cc1.Cc1cccc(F)c1.Cc1ccccc1F. The molecule has 0 saturated carbocycles. The van der Waals surface area contributed by atoms with Crippen LogP contribution in [0.4, 0.5) is 22.0 Å². The molecule has 1 heterocycles. The first-order chi connectivity index (χ1) is 59.1. The number of hydrogen-bond donors (Lipinski definition) is 9. The van der Waals surface area contributed by atoms with Gasteiger partial charge in [0.05, 0.1) is 33.6 Å². The zero-order valence-electron chi connectivity index (χ0n) is 75.7. The third kappa shape index (κ3) is 45.8. The number of carbonyl (C=O) groups excluding carboxylic acids is 2. The number of carbonyl (C=O) groups is 5. The van der Waals surface area contributed by atoms with E-state index in [1.165, 1.54) is 93.1 Å². The van der Waals surface area contributed by atoms with Crippen LogP contribution < -0.4 is 14.8 Å². The van der Waals surface area contributed by atoms with Crippen molar-refractivity contribution < 1.29 is 84.2 Å². The van der Waals surface area contributed by atoms with Gasteiger partial charge in [-0.3, -0.25) is 27.8 Å². The third-order valence-corrected chi connectivity index (χ3v) is 21.3. The van der Waals surface area contributed by atoms with E-state index in [1.807, 2.05) is 188 Å². The van der Waals surface area contributed by atoms with Crippen LogP contribution in [-0.4, -0.2) is 144 Å². The van der Waals surface area contributed by atoms with Crippen LogP contribution in [0.15, 0.2) is 271 Å². The van der Waals surface area contributed by atoms with Crippen molar-refractivity contribution in [2.75, 3.05) is 61.0 Å². The molecule has 18 nitrogen and oxygen atoms in total. The number of likely N-dealkylation sites (tertiary alicyclic amines) is 1. The summed E-state index contributed by atoms with van der Waals surface area (Å²) in [6, 6.07) is 71.2. The predicted molar refractivity (Wildman–Crippen MR) is 504 cm³/mol. The Morgan fingerprint density at radius 1 is 0.437 bits per heavy atom. The van der Waals surface area contributed by atoms with Gasteiger partial charge in [0.2, 0.25) is 0 Å². The summed E-state index contributed by atoms with van der Waals surface area (Å²) in [6.45, 7) is 36.0. The molecule has 2 amide bonds. The van der Waals surface area contributed by atoms with Gasteiger partial charge in [0.1, 0.15) is 34.8 Å². The molecule has 0 radical (unpaired) electrons. The van der Waals surface area contributed by atoms with Crippen LogP contribution in [0.2, 0.25) is 0 Å². The van der Waals surface area contributed by atoms with Crippen molar-refractivity contribution in [2.45, 2.75) is 138 Å². The van der Waals surface area contributed by atoms with Gasteiger partial charge in [0, 0.05) is 56.4 Å². The molecule has 12 rings (SSSR count). The molecule has 1 saturated heterocycles. The van der Waals surface area contributed by atoms with E-state index < -0.39 is 56.9 Å². The maximum absolute atomic E-state index is 12.7. The summed E-state index contributed by atoms with van der Waals surface area (Å²) in [5.41, 5.74) is 12.9. The minimum Gasteiger partial charge on any atom is -0.497 e. The third-order valence-electron chi connectivity index (χ3n) is 17.6. The average Bonchev–Trinajstić information content (AvgIpc) is 0.825. The molecule has 1 aliphatic heterocycles. The number of nitrogens with zero attached hydrogens (tertiary/aromatic N) is 3. The summed E-state index contributed by atoms with van der Waals surface area (Å²) in [5.74, 6) is -4.64. The molecule has 1 fully saturated rings. The molecule has 25 heteroatoms. The highest BCUT2D eigenvalue weighted by Gasteiger charge is 2.24. The van der Waals surface area contributed by atoms with E-state index in [-0.39, 0.29) is 45.7 Å². The smallest absolute Gasteiger partial charge is 0.338 e. The summed E-state index contributed by atoms with van der Waals surface area (Å²) in [5, 5.41) is 28.2. The zero-order chi connectivity index (χ0) is 95.0. The molecule has 680 valence electrons. The number of halogens is 5. The van der Waals surface area contributed by atoms with Gasteiger partial charge in [-0.05, 0) is 281 Å². The lowest BCUT2D eigenvalue weighted by Gasteiger charge is -2.40. The van der Waals surface area contributed by atoms with Crippen molar-refractivity contribution in [1.29, 1.82) is 0 Å². The molecule has 0 spiro atoms. The standard InChI is InChI=1S/C13H17NO.C12H18N2O.C11H19NO2S.C11H17NO2S.3C8H7FO2.C8H10O.C8H10.2C7H7F/c1-11-5-7-12(8-6-11)13(15)14-9-3-2-4-10-14;1-10-4-6-11(7-5-10)12(15)13-8-9-14(2)3;1-9-5-7-10(8-6-9)15(13,14)12-11(2,3)4;1-4-9-12(3)15(13,14)11-7-5-10(2)6-8-11;1-5-2-6(8(10)11)4-7(9)3-5;1-5-2-3-7(9)6(4-5)8(10)11;1-5-2-3-6(8(10)11)7(9)4-5;1-7-3-5-8(9-2)6-4-7;1-7-3-5-8(2)6-4-7;1-6-3-2-4-7(8)5-6;1-6-4-2-3-5-7(6)8/h5-8H,2-4,9-10H2,1H3;4-7H,8-9H2,1-3H3,(H,13,15);5-8,12-14H,1-4H3;4-8,13-14H,1,9H2,2-3H3;3*2-4H,1H3,(H,10,11);3-6H,1-2H3;3-6H,1-2H3;2*2-5H,1H3. The van der Waals surface area contributed by atoms with Crippen molar-refractivity contribution in [1.82, 2.24) is 24.1 Å². The second-order valence-electron chi connectivity index (χ2n) is 30.9. The van der Waals surface area contributed by atoms with Gasteiger partial charge in [0.25, 0.3) is 11.8 Å². The van der Waals surface area contributed by atoms with E-state index in [0.29, 0.717) is 39.6 Å². The maximum atomic E-state index is 12.7. The highest BCUT2D eigenvalue weighted by molar-refractivity contribution is 8.22. The van der Waals surface area contributed by atoms with E-state index in [4.69, 9.17) is 20.1 Å². The van der Waals surface area contributed by atoms with Gasteiger partial charge in [-0.25, -0.2) is 45.4 Å². The fraction of sp³-hybridized carbons (Fsp3) is 0.277. The second-order valence-corrected chi connectivity index (χ2v) is 34.8. The van der Waals surface area contributed by atoms with Gasteiger partial charge < -0.3 is 35.2 Å². The van der Waals surface area contributed by atoms with Gasteiger partial charge >= 0.3 is 17.9 Å². The molecule has 0 aromatic heterocycles. The lowest BCUT2D eigenvalue weighted by molar-refractivity contribution is 0.0680. The fourth-order valence-corrected chi connectivity index (χ4v) is 13.2. The van der Waals surface area contributed by atoms with E-state index >= 15 is 0 Å².